The number of hydrogen-bond donors (Lipinski definition) is 0. The number of benzene rings is 9. The van der Waals surface area contributed by atoms with E-state index in [1.54, 1.807) is 0 Å². The topological polar surface area (TPSA) is 21.3 Å². The number of para-hydroxylation sites is 2. The fourth-order valence-electron chi connectivity index (χ4n) is 11.2. The van der Waals surface area contributed by atoms with Crippen molar-refractivity contribution in [1.82, 2.24) is 4.57 Å². The summed E-state index contributed by atoms with van der Waals surface area (Å²) >= 11 is 0. The molecule has 0 bridgehead atoms. The van der Waals surface area contributed by atoms with Gasteiger partial charge in [0.2, 0.25) is 0 Å². The maximum atomic E-state index is 6.82. The van der Waals surface area contributed by atoms with E-state index in [0.717, 1.165) is 72.9 Å². The van der Waals surface area contributed by atoms with Crippen LogP contribution in [0.25, 0.3) is 60.6 Å². The van der Waals surface area contributed by atoms with Gasteiger partial charge in [0.25, 0.3) is 0 Å². The zero-order valence-corrected chi connectivity index (χ0v) is 36.0. The van der Waals surface area contributed by atoms with E-state index in [0.29, 0.717) is 5.92 Å². The van der Waals surface area contributed by atoms with Gasteiger partial charge in [-0.15, -0.1) is 0 Å². The van der Waals surface area contributed by atoms with Crippen LogP contribution in [-0.2, 0) is 5.41 Å². The Kier molecular flexibility index (Phi) is 8.48. The van der Waals surface area contributed by atoms with Gasteiger partial charge >= 0.3 is 0 Å². The molecule has 9 aromatic carbocycles. The van der Waals surface area contributed by atoms with E-state index >= 15 is 0 Å². The van der Waals surface area contributed by atoms with Crippen LogP contribution in [0, 0.1) is 0 Å². The highest BCUT2D eigenvalue weighted by Gasteiger charge is 2.46. The lowest BCUT2D eigenvalue weighted by Gasteiger charge is -2.35. The maximum absolute atomic E-state index is 6.82. The minimum absolute atomic E-state index is 0.352. The van der Waals surface area contributed by atoms with Gasteiger partial charge in [-0.3, -0.25) is 0 Å². The monoisotopic (exact) mass is 832 g/mol. The van der Waals surface area contributed by atoms with Crippen LogP contribution in [-0.4, -0.2) is 4.57 Å². The van der Waals surface area contributed by atoms with Crippen LogP contribution in [0.4, 0.5) is 17.1 Å². The summed E-state index contributed by atoms with van der Waals surface area (Å²) in [4.78, 5) is 2.46. The highest BCUT2D eigenvalue weighted by Crippen LogP contribution is 2.57. The Morgan fingerprint density at radius 1 is 0.523 bits per heavy atom. The van der Waals surface area contributed by atoms with E-state index in [9.17, 15) is 0 Å². The lowest BCUT2D eigenvalue weighted by atomic mass is 9.67. The Bertz CT molecular complexity index is 3650. The number of nitrogens with zero attached hydrogens (tertiary/aromatic N) is 2. The first kappa shape index (κ1) is 37.4. The Morgan fingerprint density at radius 3 is 1.92 bits per heavy atom. The van der Waals surface area contributed by atoms with Crippen LogP contribution in [0.5, 0.6) is 0 Å². The highest BCUT2D eigenvalue weighted by atomic mass is 16.3. The molecular weight excluding hydrogens is 789 g/mol. The average molecular weight is 833 g/mol. The summed E-state index contributed by atoms with van der Waals surface area (Å²) in [5.41, 5.74) is 18.2. The number of rotatable bonds is 7. The van der Waals surface area contributed by atoms with Gasteiger partial charge in [0.15, 0.2) is 0 Å². The smallest absolute Gasteiger partial charge is 0.145 e. The third kappa shape index (κ3) is 5.68. The van der Waals surface area contributed by atoms with Crippen LogP contribution in [0.1, 0.15) is 47.1 Å². The van der Waals surface area contributed by atoms with Crippen molar-refractivity contribution in [3.63, 3.8) is 0 Å². The zero-order valence-electron chi connectivity index (χ0n) is 36.0. The molecule has 3 heteroatoms. The predicted molar refractivity (Wildman–Crippen MR) is 270 cm³/mol. The number of anilines is 3. The van der Waals surface area contributed by atoms with Gasteiger partial charge < -0.3 is 13.9 Å². The maximum Gasteiger partial charge on any atom is 0.145 e. The highest BCUT2D eigenvalue weighted by molar-refractivity contribution is 6.24. The number of furan rings is 1. The Hall–Kier alpha value is -8.14. The standard InChI is InChI=1S/C62H44N2O/c1-41-16-15-17-43(38-41)42-28-30-47(31-29-42)63(49-32-34-51-50-24-11-13-26-55(50)62(56(51)40-49,44-18-5-2-6-19-44)45-20-7-3-8-21-45)48-33-36-57-54(39-48)60-58(64(57)46-22-9-4-10-23-46)37-35-53-52-25-12-14-27-59(52)65-61(53)60/h2-37,39-40,43H,38H2,1H3. The van der Waals surface area contributed by atoms with E-state index in [2.05, 4.69) is 247 Å². The molecule has 3 nitrogen and oxygen atoms in total. The fraction of sp³-hybridized carbons (Fsp3) is 0.0645. The Balaban J connectivity index is 1.08. The minimum atomic E-state index is -0.529. The van der Waals surface area contributed by atoms with Gasteiger partial charge in [0, 0.05) is 44.8 Å². The summed E-state index contributed by atoms with van der Waals surface area (Å²) < 4.78 is 9.21. The summed E-state index contributed by atoms with van der Waals surface area (Å²) in [6.07, 6.45) is 7.80. The molecule has 0 spiro atoms. The third-order valence-electron chi connectivity index (χ3n) is 14.1. The van der Waals surface area contributed by atoms with Crippen molar-refractivity contribution >= 4 is 60.8 Å². The molecule has 0 amide bonds. The van der Waals surface area contributed by atoms with Gasteiger partial charge in [0.1, 0.15) is 11.2 Å². The SMILES string of the molecule is CC1=CC=CC(c2ccc(N(c3ccc4c(c3)C(c3ccccc3)(c3ccccc3)c3ccccc3-4)c3ccc4c(c3)c3c5oc6ccccc6c5ccc3n4-c3ccccc3)cc2)C1. The third-order valence-corrected chi connectivity index (χ3v) is 14.1. The summed E-state index contributed by atoms with van der Waals surface area (Å²) in [6, 6.07) is 78.1. The van der Waals surface area contributed by atoms with Gasteiger partial charge in [-0.2, -0.15) is 0 Å². The predicted octanol–water partition coefficient (Wildman–Crippen LogP) is 16.5. The second-order valence-electron chi connectivity index (χ2n) is 17.7. The second-order valence-corrected chi connectivity index (χ2v) is 17.7. The van der Waals surface area contributed by atoms with Crippen molar-refractivity contribution in [1.29, 1.82) is 0 Å². The Labute approximate surface area is 378 Å². The molecule has 2 aromatic heterocycles. The first-order valence-electron chi connectivity index (χ1n) is 22.7. The lowest BCUT2D eigenvalue weighted by Crippen LogP contribution is -2.28. The van der Waals surface area contributed by atoms with E-state index in [1.807, 2.05) is 0 Å². The normalized spacial score (nSPS) is 15.1. The van der Waals surface area contributed by atoms with Crippen molar-refractivity contribution in [2.75, 3.05) is 4.90 Å². The van der Waals surface area contributed by atoms with Crippen molar-refractivity contribution < 1.29 is 4.42 Å². The molecule has 0 N–H and O–H groups in total. The average Bonchev–Trinajstić information content (AvgIpc) is 4.01. The minimum Gasteiger partial charge on any atom is -0.455 e. The fourth-order valence-corrected chi connectivity index (χ4v) is 11.2. The zero-order chi connectivity index (χ0) is 43.1. The van der Waals surface area contributed by atoms with Crippen LogP contribution in [0.2, 0.25) is 0 Å². The molecule has 0 radical (unpaired) electrons. The van der Waals surface area contributed by atoms with Gasteiger partial charge in [-0.05, 0) is 125 Å². The number of fused-ring (bicyclic) bond motifs is 10. The van der Waals surface area contributed by atoms with Crippen molar-refractivity contribution in [3.05, 3.63) is 264 Å². The summed E-state index contributed by atoms with van der Waals surface area (Å²) in [5.74, 6) is 0.352. The van der Waals surface area contributed by atoms with Crippen molar-refractivity contribution in [2.24, 2.45) is 0 Å². The molecule has 0 saturated carbocycles. The summed E-state index contributed by atoms with van der Waals surface area (Å²) in [5, 5.41) is 4.49. The molecule has 0 fully saturated rings. The van der Waals surface area contributed by atoms with Crippen LogP contribution < -0.4 is 4.90 Å². The molecule has 2 aliphatic rings. The first-order valence-corrected chi connectivity index (χ1v) is 22.7. The van der Waals surface area contributed by atoms with Crippen LogP contribution in [0.3, 0.4) is 0 Å². The second kappa shape index (κ2) is 14.7. The van der Waals surface area contributed by atoms with Gasteiger partial charge in [-0.1, -0.05) is 163 Å². The van der Waals surface area contributed by atoms with E-state index < -0.39 is 5.41 Å². The molecule has 2 heterocycles. The van der Waals surface area contributed by atoms with Crippen LogP contribution in [0.15, 0.2) is 241 Å². The van der Waals surface area contributed by atoms with Gasteiger partial charge in [0.05, 0.1) is 21.8 Å². The quantitative estimate of drug-likeness (QED) is 0.160. The van der Waals surface area contributed by atoms with E-state index in [-0.39, 0.29) is 0 Å². The van der Waals surface area contributed by atoms with Gasteiger partial charge in [-0.25, -0.2) is 0 Å². The first-order chi connectivity index (χ1) is 32.1. The largest absolute Gasteiger partial charge is 0.455 e. The molecule has 13 rings (SSSR count). The van der Waals surface area contributed by atoms with Crippen molar-refractivity contribution in [3.8, 4) is 16.8 Å². The number of aromatic nitrogens is 1. The number of hydrogen-bond acceptors (Lipinski definition) is 2. The molecule has 0 saturated heterocycles. The number of allylic oxidation sites excluding steroid dienone is 4. The lowest BCUT2D eigenvalue weighted by molar-refractivity contribution is 0.673. The Morgan fingerprint density at radius 2 is 1.15 bits per heavy atom. The molecule has 65 heavy (non-hydrogen) atoms. The molecule has 2 aliphatic carbocycles. The van der Waals surface area contributed by atoms with Crippen LogP contribution >= 0.6 is 0 Å². The molecule has 1 atom stereocenters. The van der Waals surface area contributed by atoms with E-state index in [1.165, 1.54) is 44.5 Å². The van der Waals surface area contributed by atoms with Crippen molar-refractivity contribution in [2.45, 2.75) is 24.7 Å². The summed E-state index contributed by atoms with van der Waals surface area (Å²) in [7, 11) is 0. The molecule has 308 valence electrons. The molecule has 1 unspecified atom stereocenters. The molecular formula is C62H44N2O. The van der Waals surface area contributed by atoms with E-state index in [4.69, 9.17) is 4.42 Å². The summed E-state index contributed by atoms with van der Waals surface area (Å²) in [6.45, 7) is 2.23. The molecule has 11 aromatic rings. The molecule has 0 aliphatic heterocycles.